The molecule has 2 heterocycles. The molecule has 0 atom stereocenters. The van der Waals surface area contributed by atoms with E-state index >= 15 is 0 Å². The largest absolute Gasteiger partial charge is 0.357 e. The Balaban J connectivity index is 0.00000320. The summed E-state index contributed by atoms with van der Waals surface area (Å²) in [4.78, 5) is 4.69. The standard InChI is InChI=1S/C23H32N6.HI/c1-5-24-22(25-15-13-18-9-11-19(12-10-18)23(2,3)4)26-16-14-21-28-27-20-8-6-7-17-29(20)21;/h6-12,17H,5,13-16H2,1-4H3,(H2,24,25,26);1H. The molecule has 0 amide bonds. The molecule has 3 rings (SSSR count). The average molecular weight is 520 g/mol. The van der Waals surface area contributed by atoms with Crippen molar-refractivity contribution in [2.45, 2.75) is 46.0 Å². The molecule has 6 nitrogen and oxygen atoms in total. The minimum absolute atomic E-state index is 0. The van der Waals surface area contributed by atoms with Gasteiger partial charge in [-0.3, -0.25) is 9.39 Å². The van der Waals surface area contributed by atoms with Gasteiger partial charge in [0.25, 0.3) is 0 Å². The maximum Gasteiger partial charge on any atom is 0.191 e. The second kappa shape index (κ2) is 11.3. The minimum atomic E-state index is 0. The summed E-state index contributed by atoms with van der Waals surface area (Å²) in [5, 5.41) is 15.2. The number of halogens is 1. The van der Waals surface area contributed by atoms with Crippen molar-refractivity contribution in [2.24, 2.45) is 4.99 Å². The van der Waals surface area contributed by atoms with Gasteiger partial charge in [0.1, 0.15) is 5.82 Å². The van der Waals surface area contributed by atoms with Crippen LogP contribution >= 0.6 is 24.0 Å². The van der Waals surface area contributed by atoms with E-state index in [1.165, 1.54) is 11.1 Å². The molecule has 2 N–H and O–H groups in total. The van der Waals surface area contributed by atoms with E-state index in [0.717, 1.165) is 43.4 Å². The van der Waals surface area contributed by atoms with Gasteiger partial charge in [-0.15, -0.1) is 34.2 Å². The summed E-state index contributed by atoms with van der Waals surface area (Å²) in [6.07, 6.45) is 3.70. The third kappa shape index (κ3) is 6.68. The van der Waals surface area contributed by atoms with Gasteiger partial charge < -0.3 is 10.6 Å². The van der Waals surface area contributed by atoms with Crippen LogP contribution in [0.5, 0.6) is 0 Å². The van der Waals surface area contributed by atoms with Gasteiger partial charge in [0.2, 0.25) is 0 Å². The number of hydrogen-bond acceptors (Lipinski definition) is 3. The molecule has 1 aromatic carbocycles. The monoisotopic (exact) mass is 520 g/mol. The highest BCUT2D eigenvalue weighted by atomic mass is 127. The van der Waals surface area contributed by atoms with Crippen molar-refractivity contribution < 1.29 is 0 Å². The van der Waals surface area contributed by atoms with Gasteiger partial charge in [-0.25, -0.2) is 0 Å². The molecule has 30 heavy (non-hydrogen) atoms. The van der Waals surface area contributed by atoms with Crippen LogP contribution in [-0.4, -0.2) is 40.2 Å². The summed E-state index contributed by atoms with van der Waals surface area (Å²) >= 11 is 0. The number of guanidine groups is 1. The molecule has 7 heteroatoms. The molecule has 0 aliphatic heterocycles. The minimum Gasteiger partial charge on any atom is -0.357 e. The highest BCUT2D eigenvalue weighted by Gasteiger charge is 2.12. The van der Waals surface area contributed by atoms with Crippen molar-refractivity contribution in [3.63, 3.8) is 0 Å². The van der Waals surface area contributed by atoms with Gasteiger partial charge in [-0.2, -0.15) is 0 Å². The first-order valence-electron chi connectivity index (χ1n) is 10.4. The van der Waals surface area contributed by atoms with E-state index < -0.39 is 0 Å². The van der Waals surface area contributed by atoms with E-state index in [9.17, 15) is 0 Å². The van der Waals surface area contributed by atoms with Crippen LogP contribution in [-0.2, 0) is 18.3 Å². The number of hydrogen-bond donors (Lipinski definition) is 2. The molecule has 0 bridgehead atoms. The number of aliphatic imine (C=N–C) groups is 1. The first-order valence-corrected chi connectivity index (χ1v) is 10.4. The molecule has 3 aromatic rings. The number of fused-ring (bicyclic) bond motifs is 1. The number of rotatable bonds is 7. The van der Waals surface area contributed by atoms with Crippen LogP contribution in [0.15, 0.2) is 53.7 Å². The Kier molecular flexibility index (Phi) is 9.08. The maximum absolute atomic E-state index is 4.69. The van der Waals surface area contributed by atoms with Crippen molar-refractivity contribution in [1.29, 1.82) is 0 Å². The fourth-order valence-corrected chi connectivity index (χ4v) is 3.17. The Bertz CT molecular complexity index is 940. The molecule has 0 fully saturated rings. The molecular formula is C23H33IN6. The van der Waals surface area contributed by atoms with Crippen molar-refractivity contribution >= 4 is 35.6 Å². The lowest BCUT2D eigenvalue weighted by molar-refractivity contribution is 0.590. The molecule has 0 spiro atoms. The van der Waals surface area contributed by atoms with Crippen molar-refractivity contribution in [2.75, 3.05) is 19.6 Å². The zero-order chi connectivity index (χ0) is 20.7. The summed E-state index contributed by atoms with van der Waals surface area (Å²) in [6, 6.07) is 14.8. The van der Waals surface area contributed by atoms with E-state index in [0.29, 0.717) is 6.54 Å². The summed E-state index contributed by atoms with van der Waals surface area (Å²) in [7, 11) is 0. The highest BCUT2D eigenvalue weighted by molar-refractivity contribution is 14.0. The second-order valence-corrected chi connectivity index (χ2v) is 8.18. The predicted octanol–water partition coefficient (Wildman–Crippen LogP) is 3.99. The third-order valence-corrected chi connectivity index (χ3v) is 4.86. The predicted molar refractivity (Wildman–Crippen MR) is 135 cm³/mol. The van der Waals surface area contributed by atoms with Crippen LogP contribution in [0, 0.1) is 0 Å². The van der Waals surface area contributed by atoms with Crippen LogP contribution in [0.25, 0.3) is 5.65 Å². The van der Waals surface area contributed by atoms with Gasteiger partial charge in [0.15, 0.2) is 11.6 Å². The molecule has 0 aliphatic carbocycles. The number of benzene rings is 1. The smallest absolute Gasteiger partial charge is 0.191 e. The molecule has 0 saturated heterocycles. The summed E-state index contributed by atoms with van der Waals surface area (Å²) in [5.41, 5.74) is 3.76. The summed E-state index contributed by atoms with van der Waals surface area (Å²) in [5.74, 6) is 1.77. The lowest BCUT2D eigenvalue weighted by Crippen LogP contribution is -2.38. The number of nitrogens with one attached hydrogen (secondary N) is 2. The molecule has 0 aliphatic rings. The topological polar surface area (TPSA) is 66.6 Å². The average Bonchev–Trinajstić information content (AvgIpc) is 3.11. The zero-order valence-electron chi connectivity index (χ0n) is 18.4. The SMILES string of the molecule is CCNC(=NCCc1nnc2ccccn12)NCCc1ccc(C(C)(C)C)cc1.I. The van der Waals surface area contributed by atoms with Crippen molar-refractivity contribution in [1.82, 2.24) is 25.2 Å². The Hall–Kier alpha value is -2.16. The Morgan fingerprint density at radius 3 is 2.47 bits per heavy atom. The van der Waals surface area contributed by atoms with Crippen LogP contribution in [0.4, 0.5) is 0 Å². The molecular weight excluding hydrogens is 487 g/mol. The third-order valence-electron chi connectivity index (χ3n) is 4.86. The number of aromatic nitrogens is 3. The van der Waals surface area contributed by atoms with Gasteiger partial charge in [-0.05, 0) is 42.0 Å². The van der Waals surface area contributed by atoms with Gasteiger partial charge in [-0.1, -0.05) is 51.1 Å². The number of nitrogens with zero attached hydrogens (tertiary/aromatic N) is 4. The quantitative estimate of drug-likeness (QED) is 0.281. The van der Waals surface area contributed by atoms with Gasteiger partial charge >= 0.3 is 0 Å². The first-order chi connectivity index (χ1) is 14.0. The van der Waals surface area contributed by atoms with Crippen LogP contribution in [0.1, 0.15) is 44.6 Å². The van der Waals surface area contributed by atoms with E-state index in [2.05, 4.69) is 77.8 Å². The van der Waals surface area contributed by atoms with Gasteiger partial charge in [0, 0.05) is 32.3 Å². The maximum atomic E-state index is 4.69. The second-order valence-electron chi connectivity index (χ2n) is 8.18. The highest BCUT2D eigenvalue weighted by Crippen LogP contribution is 2.22. The van der Waals surface area contributed by atoms with Crippen LogP contribution in [0.3, 0.4) is 0 Å². The van der Waals surface area contributed by atoms with E-state index in [-0.39, 0.29) is 29.4 Å². The van der Waals surface area contributed by atoms with Crippen molar-refractivity contribution in [3.8, 4) is 0 Å². The fourth-order valence-electron chi connectivity index (χ4n) is 3.17. The summed E-state index contributed by atoms with van der Waals surface area (Å²) in [6.45, 7) is 11.1. The number of pyridine rings is 1. The van der Waals surface area contributed by atoms with Crippen LogP contribution in [0.2, 0.25) is 0 Å². The summed E-state index contributed by atoms with van der Waals surface area (Å²) < 4.78 is 2.01. The first kappa shape index (κ1) is 24.1. The van der Waals surface area contributed by atoms with E-state index in [4.69, 9.17) is 0 Å². The lowest BCUT2D eigenvalue weighted by Gasteiger charge is -2.19. The normalized spacial score (nSPS) is 11.9. The molecule has 0 saturated carbocycles. The molecule has 2 aromatic heterocycles. The zero-order valence-corrected chi connectivity index (χ0v) is 20.7. The molecule has 0 unspecified atom stereocenters. The van der Waals surface area contributed by atoms with Crippen molar-refractivity contribution in [3.05, 3.63) is 65.6 Å². The fraction of sp³-hybridized carbons (Fsp3) is 0.435. The van der Waals surface area contributed by atoms with Gasteiger partial charge in [0.05, 0.1) is 0 Å². The Morgan fingerprint density at radius 2 is 1.77 bits per heavy atom. The van der Waals surface area contributed by atoms with Crippen LogP contribution < -0.4 is 10.6 Å². The van der Waals surface area contributed by atoms with E-state index in [1.54, 1.807) is 0 Å². The lowest BCUT2D eigenvalue weighted by atomic mass is 9.86. The molecule has 0 radical (unpaired) electrons. The Morgan fingerprint density at radius 1 is 1.00 bits per heavy atom. The Labute approximate surface area is 196 Å². The molecule has 162 valence electrons. The van der Waals surface area contributed by atoms with E-state index in [1.807, 2.05) is 28.8 Å².